The van der Waals surface area contributed by atoms with Crippen LogP contribution in [0, 0.1) is 13.8 Å². The summed E-state index contributed by atoms with van der Waals surface area (Å²) in [4.78, 5) is 17.3. The Labute approximate surface area is 217 Å². The van der Waals surface area contributed by atoms with Crippen molar-refractivity contribution in [3.8, 4) is 0 Å². The molecule has 2 atom stereocenters. The second kappa shape index (κ2) is 10.5. The summed E-state index contributed by atoms with van der Waals surface area (Å²) in [6.45, 7) is 5.13. The first-order valence-corrected chi connectivity index (χ1v) is 14.8. The van der Waals surface area contributed by atoms with Crippen molar-refractivity contribution in [3.05, 3.63) is 87.1 Å². The van der Waals surface area contributed by atoms with Crippen molar-refractivity contribution in [1.29, 1.82) is 0 Å². The zero-order valence-corrected chi connectivity index (χ0v) is 22.4. The monoisotopic (exact) mass is 524 g/mol. The fraction of sp³-hybridized carbons (Fsp3) is 0.393. The molecule has 2 aliphatic heterocycles. The second-order valence-corrected chi connectivity index (χ2v) is 12.6. The van der Waals surface area contributed by atoms with E-state index in [1.807, 2.05) is 24.0 Å². The van der Waals surface area contributed by atoms with E-state index in [0.717, 1.165) is 41.5 Å². The molecule has 8 heteroatoms. The van der Waals surface area contributed by atoms with Gasteiger partial charge in [-0.15, -0.1) is 11.3 Å². The summed E-state index contributed by atoms with van der Waals surface area (Å²) in [7, 11) is -3.87. The van der Waals surface area contributed by atoms with Crippen LogP contribution in [-0.4, -0.2) is 55.9 Å². The molecule has 0 N–H and O–H groups in total. The van der Waals surface area contributed by atoms with E-state index in [4.69, 9.17) is 4.74 Å². The van der Waals surface area contributed by atoms with Gasteiger partial charge >= 0.3 is 0 Å². The Balaban J connectivity index is 1.47. The average molecular weight is 525 g/mol. The Morgan fingerprint density at radius 3 is 2.58 bits per heavy atom. The van der Waals surface area contributed by atoms with Crippen LogP contribution in [0.5, 0.6) is 0 Å². The van der Waals surface area contributed by atoms with Crippen LogP contribution in [0.15, 0.2) is 64.9 Å². The Kier molecular flexibility index (Phi) is 7.30. The highest BCUT2D eigenvalue weighted by Crippen LogP contribution is 2.39. The van der Waals surface area contributed by atoms with Crippen LogP contribution in [0.25, 0.3) is 0 Å². The minimum absolute atomic E-state index is 0.175. The molecule has 0 aliphatic carbocycles. The summed E-state index contributed by atoms with van der Waals surface area (Å²) in [5.74, 6) is -0.186. The molecule has 36 heavy (non-hydrogen) atoms. The Morgan fingerprint density at radius 2 is 1.86 bits per heavy atom. The van der Waals surface area contributed by atoms with Crippen molar-refractivity contribution < 1.29 is 17.9 Å². The number of amides is 1. The third kappa shape index (κ3) is 5.00. The second-order valence-electron chi connectivity index (χ2n) is 9.64. The molecule has 0 spiro atoms. The Bertz CT molecular complexity index is 1330. The Morgan fingerprint density at radius 1 is 1.08 bits per heavy atom. The van der Waals surface area contributed by atoms with Gasteiger partial charge in [0.1, 0.15) is 0 Å². The van der Waals surface area contributed by atoms with Crippen molar-refractivity contribution >= 4 is 27.3 Å². The molecule has 1 fully saturated rings. The minimum atomic E-state index is -3.87. The molecule has 0 bridgehead atoms. The summed E-state index contributed by atoms with van der Waals surface area (Å²) in [5, 5.41) is 2.08. The molecule has 5 rings (SSSR count). The molecule has 2 unspecified atom stereocenters. The van der Waals surface area contributed by atoms with Crippen molar-refractivity contribution in [2.45, 2.75) is 50.2 Å². The van der Waals surface area contributed by atoms with Crippen LogP contribution >= 0.6 is 11.3 Å². The van der Waals surface area contributed by atoms with Gasteiger partial charge in [0, 0.05) is 24.6 Å². The molecule has 1 amide bonds. The fourth-order valence-electron chi connectivity index (χ4n) is 5.18. The molecule has 1 aromatic heterocycles. The number of fused-ring (bicyclic) bond motifs is 1. The number of carbonyl (C=O) groups excluding carboxylic acids is 1. The number of benzene rings is 2. The number of rotatable bonds is 7. The smallest absolute Gasteiger partial charge is 0.243 e. The van der Waals surface area contributed by atoms with Crippen LogP contribution in [0.3, 0.4) is 0 Å². The SMILES string of the molecule is Cc1ccc(S(=O)(=O)N(CC(=O)N2CCc3sccc3C2c2ccccc2C)CC2CCCO2)cc1. The number of sulfonamides is 1. The van der Waals surface area contributed by atoms with E-state index in [9.17, 15) is 13.2 Å². The summed E-state index contributed by atoms with van der Waals surface area (Å²) in [6, 6.07) is 16.8. The first-order chi connectivity index (χ1) is 17.3. The van der Waals surface area contributed by atoms with Crippen molar-refractivity contribution in [1.82, 2.24) is 9.21 Å². The predicted octanol–water partition coefficient (Wildman–Crippen LogP) is 4.71. The minimum Gasteiger partial charge on any atom is -0.377 e. The van der Waals surface area contributed by atoms with Crippen molar-refractivity contribution in [2.24, 2.45) is 0 Å². The third-order valence-corrected chi connectivity index (χ3v) is 9.99. The standard InChI is InChI=1S/C28H32N2O4S2/c1-20-9-11-23(12-10-20)36(32,33)29(18-22-7-5-16-34-22)19-27(31)30-15-13-26-25(14-17-35-26)28(30)24-8-4-3-6-21(24)2/h3-4,6,8-12,14,17,22,28H,5,7,13,15-16,18-19H2,1-2H3. The van der Waals surface area contributed by atoms with Crippen LogP contribution < -0.4 is 0 Å². The largest absolute Gasteiger partial charge is 0.377 e. The molecular formula is C28H32N2O4S2. The molecule has 2 aromatic carbocycles. The van der Waals surface area contributed by atoms with Crippen molar-refractivity contribution in [2.75, 3.05) is 26.2 Å². The lowest BCUT2D eigenvalue weighted by Gasteiger charge is -2.38. The zero-order valence-electron chi connectivity index (χ0n) is 20.7. The summed E-state index contributed by atoms with van der Waals surface area (Å²) in [5.41, 5.74) is 4.32. The van der Waals surface area contributed by atoms with E-state index >= 15 is 0 Å². The van der Waals surface area contributed by atoms with Crippen LogP contribution in [-0.2, 0) is 26.0 Å². The number of nitrogens with zero attached hydrogens (tertiary/aromatic N) is 2. The van der Waals surface area contributed by atoms with E-state index in [0.29, 0.717) is 13.2 Å². The number of thiophene rings is 1. The molecule has 0 radical (unpaired) electrons. The van der Waals surface area contributed by atoms with Gasteiger partial charge < -0.3 is 9.64 Å². The molecule has 0 saturated carbocycles. The van der Waals surface area contributed by atoms with Gasteiger partial charge in [-0.25, -0.2) is 8.42 Å². The van der Waals surface area contributed by atoms with Gasteiger partial charge in [0.05, 0.1) is 23.6 Å². The lowest BCUT2D eigenvalue weighted by molar-refractivity contribution is -0.133. The van der Waals surface area contributed by atoms with Gasteiger partial charge in [-0.2, -0.15) is 4.31 Å². The number of carbonyl (C=O) groups is 1. The van der Waals surface area contributed by atoms with Gasteiger partial charge in [0.25, 0.3) is 0 Å². The fourth-order valence-corrected chi connectivity index (χ4v) is 7.50. The quantitative estimate of drug-likeness (QED) is 0.449. The van der Waals surface area contributed by atoms with Gasteiger partial charge in [0.15, 0.2) is 0 Å². The molecular weight excluding hydrogens is 492 g/mol. The van der Waals surface area contributed by atoms with E-state index in [1.54, 1.807) is 35.6 Å². The highest BCUT2D eigenvalue weighted by atomic mass is 32.2. The highest BCUT2D eigenvalue weighted by molar-refractivity contribution is 7.89. The maximum Gasteiger partial charge on any atom is 0.243 e. The van der Waals surface area contributed by atoms with Crippen molar-refractivity contribution in [3.63, 3.8) is 0 Å². The van der Waals surface area contributed by atoms with Gasteiger partial charge in [-0.05, 0) is 73.4 Å². The van der Waals surface area contributed by atoms with Crippen LogP contribution in [0.4, 0.5) is 0 Å². The summed E-state index contributed by atoms with van der Waals surface area (Å²) in [6.07, 6.45) is 2.27. The first-order valence-electron chi connectivity index (χ1n) is 12.4. The summed E-state index contributed by atoms with van der Waals surface area (Å²) >= 11 is 1.72. The molecule has 1 saturated heterocycles. The van der Waals surface area contributed by atoms with E-state index < -0.39 is 10.0 Å². The molecule has 190 valence electrons. The van der Waals surface area contributed by atoms with Gasteiger partial charge in [0.2, 0.25) is 15.9 Å². The first kappa shape index (κ1) is 25.1. The topological polar surface area (TPSA) is 66.9 Å². The number of ether oxygens (including phenoxy) is 1. The average Bonchev–Trinajstić information content (AvgIpc) is 3.56. The maximum absolute atomic E-state index is 13.9. The normalized spacial score (nSPS) is 20.0. The van der Waals surface area contributed by atoms with Gasteiger partial charge in [-0.1, -0.05) is 42.0 Å². The maximum atomic E-state index is 13.9. The van der Waals surface area contributed by atoms with E-state index in [2.05, 4.69) is 30.5 Å². The van der Waals surface area contributed by atoms with Crippen LogP contribution in [0.1, 0.15) is 46.0 Å². The predicted molar refractivity (Wildman–Crippen MR) is 142 cm³/mol. The summed E-state index contributed by atoms with van der Waals surface area (Å²) < 4.78 is 34.5. The third-order valence-electron chi connectivity index (χ3n) is 7.17. The lowest BCUT2D eigenvalue weighted by Crippen LogP contribution is -2.48. The Hall–Kier alpha value is -2.52. The number of hydrogen-bond donors (Lipinski definition) is 0. The number of hydrogen-bond acceptors (Lipinski definition) is 5. The van der Waals surface area contributed by atoms with E-state index in [-0.39, 0.29) is 36.0 Å². The molecule has 2 aliphatic rings. The molecule has 6 nitrogen and oxygen atoms in total. The van der Waals surface area contributed by atoms with Gasteiger partial charge in [-0.3, -0.25) is 4.79 Å². The van der Waals surface area contributed by atoms with Crippen LogP contribution in [0.2, 0.25) is 0 Å². The zero-order chi connectivity index (χ0) is 25.3. The number of aryl methyl sites for hydroxylation is 2. The van der Waals surface area contributed by atoms with E-state index in [1.165, 1.54) is 9.18 Å². The molecule has 3 aromatic rings. The highest BCUT2D eigenvalue weighted by Gasteiger charge is 2.37. The lowest BCUT2D eigenvalue weighted by atomic mass is 9.90. The molecule has 3 heterocycles.